The Hall–Kier alpha value is -3.89. The van der Waals surface area contributed by atoms with Crippen molar-refractivity contribution < 1.29 is 43.3 Å². The third-order valence-electron chi connectivity index (χ3n) is 14.2. The van der Waals surface area contributed by atoms with Crippen LogP contribution < -0.4 is 16.4 Å². The van der Waals surface area contributed by atoms with Gasteiger partial charge < -0.3 is 35.7 Å². The number of nitro groups is 1. The van der Waals surface area contributed by atoms with E-state index in [9.17, 15) is 29.6 Å². The number of nitrogens with zero attached hydrogens (tertiary/aromatic N) is 3. The monoisotopic (exact) mass is 784 g/mol. The Bertz CT molecular complexity index is 1690. The van der Waals surface area contributed by atoms with E-state index in [2.05, 4.69) is 34.8 Å². The van der Waals surface area contributed by atoms with Crippen molar-refractivity contribution in [1.82, 2.24) is 15.6 Å². The minimum atomic E-state index is -1.02. The van der Waals surface area contributed by atoms with Crippen molar-refractivity contribution in [2.24, 2.45) is 46.2 Å². The molecule has 0 saturated heterocycles. The maximum Gasteiger partial charge on any atom is 0.305 e. The van der Waals surface area contributed by atoms with Gasteiger partial charge in [0.05, 0.1) is 37.0 Å². The molecule has 5 N–H and O–H groups in total. The highest BCUT2D eigenvalue weighted by Crippen LogP contribution is 2.68. The number of benzene rings is 1. The third kappa shape index (κ3) is 9.28. The number of carboxylic acid groups (broad SMARTS) is 1. The minimum Gasteiger partial charge on any atom is -0.481 e. The van der Waals surface area contributed by atoms with Crippen molar-refractivity contribution in [3.05, 3.63) is 22.2 Å². The third-order valence-corrected chi connectivity index (χ3v) is 14.2. The van der Waals surface area contributed by atoms with Gasteiger partial charge in [0.2, 0.25) is 11.4 Å². The molecule has 1 heterocycles. The normalized spacial score (nSPS) is 30.1. The van der Waals surface area contributed by atoms with Crippen LogP contribution in [0.15, 0.2) is 16.8 Å². The molecule has 310 valence electrons. The molecule has 4 aliphatic carbocycles. The van der Waals surface area contributed by atoms with E-state index in [1.165, 1.54) is 44.2 Å². The van der Waals surface area contributed by atoms with E-state index < -0.39 is 16.9 Å². The van der Waals surface area contributed by atoms with Gasteiger partial charge in [0.25, 0.3) is 0 Å². The fraction of sp³-hybridized carbons (Fsp3) is 0.775. The van der Waals surface area contributed by atoms with Crippen LogP contribution in [0.25, 0.3) is 11.0 Å². The van der Waals surface area contributed by atoms with Gasteiger partial charge in [-0.2, -0.15) is 0 Å². The smallest absolute Gasteiger partial charge is 0.305 e. The molecule has 1 aromatic heterocycles. The van der Waals surface area contributed by atoms with Gasteiger partial charge >= 0.3 is 17.6 Å². The van der Waals surface area contributed by atoms with Gasteiger partial charge in [0.1, 0.15) is 12.6 Å². The number of hydrogen-bond acceptors (Lipinski definition) is 13. The van der Waals surface area contributed by atoms with Gasteiger partial charge in [0.15, 0.2) is 5.52 Å². The van der Waals surface area contributed by atoms with Crippen LogP contribution in [0, 0.1) is 50.5 Å². The van der Waals surface area contributed by atoms with Crippen LogP contribution >= 0.6 is 0 Å². The number of hydrogen-bond donors (Lipinski definition) is 4. The summed E-state index contributed by atoms with van der Waals surface area (Å²) >= 11 is 0. The van der Waals surface area contributed by atoms with E-state index >= 15 is 0 Å². The number of nitro benzene ring substituents is 1. The number of nitrogens with one attached hydrogen (secondary N) is 2. The first kappa shape index (κ1) is 41.7. The van der Waals surface area contributed by atoms with Crippen LogP contribution in [0.3, 0.4) is 0 Å². The van der Waals surface area contributed by atoms with Gasteiger partial charge in [-0.1, -0.05) is 13.8 Å². The first-order chi connectivity index (χ1) is 26.9. The number of anilines is 1. The summed E-state index contributed by atoms with van der Waals surface area (Å²) in [4.78, 5) is 48.6. The number of carbonyl (C=O) groups is 3. The van der Waals surface area contributed by atoms with Crippen LogP contribution in [-0.4, -0.2) is 89.9 Å². The van der Waals surface area contributed by atoms with E-state index in [1.54, 1.807) is 0 Å². The Morgan fingerprint density at radius 3 is 2.46 bits per heavy atom. The summed E-state index contributed by atoms with van der Waals surface area (Å²) in [5, 5.41) is 34.7. The zero-order valence-electron chi connectivity index (χ0n) is 32.9. The van der Waals surface area contributed by atoms with Gasteiger partial charge in [-0.15, -0.1) is 0 Å². The fourth-order valence-corrected chi connectivity index (χ4v) is 11.3. The predicted octanol–water partition coefficient (Wildman–Crippen LogP) is 5.63. The molecule has 56 heavy (non-hydrogen) atoms. The van der Waals surface area contributed by atoms with E-state index in [4.69, 9.17) is 24.6 Å². The van der Waals surface area contributed by atoms with Crippen molar-refractivity contribution in [3.8, 4) is 0 Å². The number of carbonyl (C=O) groups excluding carboxylic acids is 2. The van der Waals surface area contributed by atoms with Gasteiger partial charge in [-0.3, -0.25) is 24.5 Å². The standard InChI is InChI=1S/C40H60N6O10/c1-39-17-15-30-28(29(39)9-7-25(39)4-3-5-35(49)55-23-22-54-21-20-53-19-18-41)8-6-26-24-27(14-16-40(26,30)2)42-38(50)32(11-13-34(47)48)43-31-10-12-33(46(51)52)37-36(31)44-56-45-37/h10,12,25-30,32,43H,3-9,11,13-24,41H2,1-2H3,(H,42,50)(H,47,48)/t25?,26-,27-,28?,29?,30?,32+,39-,40+/m1/s1. The van der Waals surface area contributed by atoms with Crippen molar-refractivity contribution >= 4 is 40.3 Å². The lowest BCUT2D eigenvalue weighted by atomic mass is 9.44. The summed E-state index contributed by atoms with van der Waals surface area (Å²) < 4.78 is 20.9. The summed E-state index contributed by atoms with van der Waals surface area (Å²) in [6, 6.07) is 1.78. The Kier molecular flexibility index (Phi) is 13.8. The van der Waals surface area contributed by atoms with E-state index in [0.717, 1.165) is 38.5 Å². The number of non-ortho nitro benzene ring substituents is 1. The summed E-state index contributed by atoms with van der Waals surface area (Å²) in [5.74, 6) is 1.69. The number of aliphatic carboxylic acids is 1. The highest BCUT2D eigenvalue weighted by Gasteiger charge is 2.60. The molecule has 4 unspecified atom stereocenters. The Morgan fingerprint density at radius 2 is 1.70 bits per heavy atom. The summed E-state index contributed by atoms with van der Waals surface area (Å²) in [7, 11) is 0. The van der Waals surface area contributed by atoms with Crippen LogP contribution in [-0.2, 0) is 28.6 Å². The average Bonchev–Trinajstić information content (AvgIpc) is 3.79. The lowest BCUT2D eigenvalue weighted by Crippen LogP contribution is -2.56. The molecule has 0 spiro atoms. The first-order valence-electron chi connectivity index (χ1n) is 20.6. The molecule has 4 fully saturated rings. The van der Waals surface area contributed by atoms with E-state index in [-0.39, 0.29) is 59.5 Å². The predicted molar refractivity (Wildman–Crippen MR) is 205 cm³/mol. The molecule has 2 aromatic rings. The largest absolute Gasteiger partial charge is 0.481 e. The number of fused-ring (bicyclic) bond motifs is 6. The molecule has 1 aromatic carbocycles. The first-order valence-corrected chi connectivity index (χ1v) is 20.6. The van der Waals surface area contributed by atoms with Gasteiger partial charge in [0, 0.05) is 31.5 Å². The molecule has 0 radical (unpaired) electrons. The van der Waals surface area contributed by atoms with Crippen molar-refractivity contribution in [1.29, 1.82) is 0 Å². The van der Waals surface area contributed by atoms with Crippen LogP contribution in [0.1, 0.15) is 104 Å². The number of esters is 1. The Labute approximate surface area is 327 Å². The molecule has 16 heteroatoms. The highest BCUT2D eigenvalue weighted by atomic mass is 16.6. The van der Waals surface area contributed by atoms with Crippen molar-refractivity contribution in [2.45, 2.75) is 116 Å². The topological polar surface area (TPSA) is 231 Å². The SMILES string of the molecule is C[C@]12CCC3C(CC[C@@H]4C[C@H](NC(=O)[C@H](CCC(=O)O)Nc5ccc([N+](=O)[O-])c6nonc56)CC[C@]34C)C1CCC2CCCC(=O)OCCOCCOCCN. The molecule has 9 atom stereocenters. The number of ether oxygens (including phenoxy) is 3. The number of aromatic nitrogens is 2. The maximum atomic E-state index is 13.8. The molecule has 4 aliphatic rings. The molecular weight excluding hydrogens is 724 g/mol. The lowest BCUT2D eigenvalue weighted by Gasteiger charge is -2.61. The van der Waals surface area contributed by atoms with Gasteiger partial charge in [-0.25, -0.2) is 4.63 Å². The summed E-state index contributed by atoms with van der Waals surface area (Å²) in [6.45, 7) is 7.57. The average molecular weight is 785 g/mol. The summed E-state index contributed by atoms with van der Waals surface area (Å²) in [6.07, 6.45) is 12.2. The molecular formula is C40H60N6O10. The van der Waals surface area contributed by atoms with E-state index in [0.29, 0.717) is 80.1 Å². The van der Waals surface area contributed by atoms with Crippen LogP contribution in [0.2, 0.25) is 0 Å². The summed E-state index contributed by atoms with van der Waals surface area (Å²) in [5.41, 5.74) is 6.00. The highest BCUT2D eigenvalue weighted by molar-refractivity contribution is 5.95. The minimum absolute atomic E-state index is 0.0241. The molecule has 0 aliphatic heterocycles. The molecule has 1 amide bonds. The lowest BCUT2D eigenvalue weighted by molar-refractivity contribution is -0.383. The number of nitrogens with two attached hydrogens (primary N) is 1. The quantitative estimate of drug-likeness (QED) is 0.0552. The second-order valence-corrected chi connectivity index (χ2v) is 17.1. The zero-order valence-corrected chi connectivity index (χ0v) is 32.9. The Balaban J connectivity index is 0.991. The molecule has 6 rings (SSSR count). The van der Waals surface area contributed by atoms with Crippen LogP contribution in [0.5, 0.6) is 0 Å². The number of carboxylic acids is 1. The second kappa shape index (κ2) is 18.6. The van der Waals surface area contributed by atoms with Crippen molar-refractivity contribution in [3.63, 3.8) is 0 Å². The molecule has 0 bridgehead atoms. The van der Waals surface area contributed by atoms with Gasteiger partial charge in [-0.05, 0) is 134 Å². The second-order valence-electron chi connectivity index (χ2n) is 17.1. The maximum absolute atomic E-state index is 13.8. The molecule has 4 saturated carbocycles. The molecule has 16 nitrogen and oxygen atoms in total. The zero-order chi connectivity index (χ0) is 39.9. The van der Waals surface area contributed by atoms with Crippen LogP contribution in [0.4, 0.5) is 11.4 Å². The fourth-order valence-electron chi connectivity index (χ4n) is 11.3. The van der Waals surface area contributed by atoms with E-state index in [1.807, 2.05) is 0 Å². The number of rotatable bonds is 20. The number of amides is 1. The van der Waals surface area contributed by atoms with Crippen molar-refractivity contribution in [2.75, 3.05) is 44.9 Å². The Morgan fingerprint density at radius 1 is 0.964 bits per heavy atom.